The number of nitrogens with one attached hydrogen (secondary N) is 1. The predicted octanol–water partition coefficient (Wildman–Crippen LogP) is 6.47. The molecular formula is C33H34ClFN4O4. The van der Waals surface area contributed by atoms with Crippen LogP contribution >= 0.6 is 11.6 Å². The van der Waals surface area contributed by atoms with Crippen molar-refractivity contribution < 1.29 is 23.4 Å². The van der Waals surface area contributed by atoms with E-state index in [1.807, 2.05) is 30.3 Å². The van der Waals surface area contributed by atoms with Gasteiger partial charge in [0, 0.05) is 35.4 Å². The van der Waals surface area contributed by atoms with Gasteiger partial charge in [-0.15, -0.1) is 0 Å². The van der Waals surface area contributed by atoms with Gasteiger partial charge in [0.2, 0.25) is 5.91 Å². The van der Waals surface area contributed by atoms with Crippen LogP contribution in [0.25, 0.3) is 11.0 Å². The number of carbonyl (C=O) groups is 1. The number of aromatic nitrogens is 2. The minimum atomic E-state index is -0.527. The third kappa shape index (κ3) is 5.81. The first-order valence-corrected chi connectivity index (χ1v) is 15.3. The van der Waals surface area contributed by atoms with Gasteiger partial charge < -0.3 is 24.1 Å². The molecule has 7 rings (SSSR count). The van der Waals surface area contributed by atoms with Crippen molar-refractivity contribution in [2.75, 3.05) is 31.6 Å². The fourth-order valence-electron chi connectivity index (χ4n) is 6.38. The second-order valence-electron chi connectivity index (χ2n) is 11.6. The van der Waals surface area contributed by atoms with Crippen LogP contribution in [-0.4, -0.2) is 52.8 Å². The standard InChI is InChI=1S/C33H34ClFN4O4/c1-20(40)36-23-6-8-29-28(16-23)37-32(39(29)17-24-11-14-41-24)18-38-12-9-21(10-13-38)25-3-2-4-30-33(25)42-19-31(43-30)26-7-5-22(34)15-27(26)35/h2-8,15-16,21,24,31H,9-14,17-19H2,1H3,(H,36,40). The summed E-state index contributed by atoms with van der Waals surface area (Å²) in [5, 5.41) is 3.22. The van der Waals surface area contributed by atoms with E-state index in [0.29, 0.717) is 22.3 Å². The highest BCUT2D eigenvalue weighted by Crippen LogP contribution is 2.44. The van der Waals surface area contributed by atoms with Gasteiger partial charge in [-0.1, -0.05) is 29.8 Å². The Hall–Kier alpha value is -3.66. The highest BCUT2D eigenvalue weighted by atomic mass is 35.5. The lowest BCUT2D eigenvalue weighted by molar-refractivity contribution is -0.114. The Labute approximate surface area is 254 Å². The Balaban J connectivity index is 1.05. The first-order valence-electron chi connectivity index (χ1n) is 14.9. The van der Waals surface area contributed by atoms with E-state index in [4.69, 9.17) is 30.8 Å². The quantitative estimate of drug-likeness (QED) is 0.261. The van der Waals surface area contributed by atoms with Crippen LogP contribution in [0.1, 0.15) is 55.2 Å². The molecule has 2 atom stereocenters. The van der Waals surface area contributed by atoms with Gasteiger partial charge in [-0.25, -0.2) is 9.37 Å². The normalized spacial score (nSPS) is 20.6. The van der Waals surface area contributed by atoms with Gasteiger partial charge in [0.05, 0.1) is 30.2 Å². The molecule has 3 aliphatic rings. The number of rotatable bonds is 7. The molecule has 43 heavy (non-hydrogen) atoms. The first kappa shape index (κ1) is 28.1. The van der Waals surface area contributed by atoms with Gasteiger partial charge in [0.15, 0.2) is 17.6 Å². The van der Waals surface area contributed by atoms with Crippen LogP contribution in [0, 0.1) is 5.82 Å². The van der Waals surface area contributed by atoms with Gasteiger partial charge in [-0.05, 0) is 74.7 Å². The fourth-order valence-corrected chi connectivity index (χ4v) is 6.54. The minimum Gasteiger partial charge on any atom is -0.485 e. The summed E-state index contributed by atoms with van der Waals surface area (Å²) < 4.78 is 35.0. The van der Waals surface area contributed by atoms with Crippen molar-refractivity contribution in [3.8, 4) is 11.5 Å². The highest BCUT2D eigenvalue weighted by molar-refractivity contribution is 6.30. The zero-order valence-electron chi connectivity index (χ0n) is 24.0. The van der Waals surface area contributed by atoms with Crippen molar-refractivity contribution in [1.82, 2.24) is 14.5 Å². The van der Waals surface area contributed by atoms with E-state index >= 15 is 0 Å². The number of nitrogens with zero attached hydrogens (tertiary/aromatic N) is 3. The Bertz CT molecular complexity index is 1660. The van der Waals surface area contributed by atoms with Crippen LogP contribution in [-0.2, 0) is 22.6 Å². The van der Waals surface area contributed by atoms with E-state index in [2.05, 4.69) is 20.9 Å². The number of anilines is 1. The predicted molar refractivity (Wildman–Crippen MR) is 162 cm³/mol. The molecule has 224 valence electrons. The number of imidazole rings is 1. The molecule has 0 spiro atoms. The second-order valence-corrected chi connectivity index (χ2v) is 12.0. The zero-order valence-corrected chi connectivity index (χ0v) is 24.8. The molecule has 3 aromatic carbocycles. The molecule has 4 aromatic rings. The largest absolute Gasteiger partial charge is 0.485 e. The number of fused-ring (bicyclic) bond motifs is 2. The van der Waals surface area contributed by atoms with Crippen LogP contribution in [0.4, 0.5) is 10.1 Å². The van der Waals surface area contributed by atoms with Gasteiger partial charge in [-0.2, -0.15) is 0 Å². The van der Waals surface area contributed by atoms with E-state index in [1.54, 1.807) is 12.1 Å². The number of amides is 1. The van der Waals surface area contributed by atoms with E-state index in [9.17, 15) is 9.18 Å². The average Bonchev–Trinajstić information content (AvgIpc) is 3.30. The molecule has 8 nitrogen and oxygen atoms in total. The van der Waals surface area contributed by atoms with Crippen molar-refractivity contribution >= 4 is 34.2 Å². The first-order chi connectivity index (χ1) is 20.9. The maximum atomic E-state index is 14.6. The van der Waals surface area contributed by atoms with E-state index in [1.165, 1.54) is 13.0 Å². The Morgan fingerprint density at radius 3 is 2.67 bits per heavy atom. The van der Waals surface area contributed by atoms with E-state index < -0.39 is 11.9 Å². The summed E-state index contributed by atoms with van der Waals surface area (Å²) in [6.45, 7) is 5.92. The molecule has 2 saturated heterocycles. The molecule has 0 bridgehead atoms. The summed E-state index contributed by atoms with van der Waals surface area (Å²) in [6, 6.07) is 16.5. The SMILES string of the molecule is CC(=O)Nc1ccc2c(c1)nc(CN1CCC(c3cccc4c3OCC(c3ccc(Cl)cc3F)O4)CC1)n2CC1CCO1. The third-order valence-electron chi connectivity index (χ3n) is 8.69. The number of halogens is 2. The molecule has 2 unspecified atom stereocenters. The van der Waals surface area contributed by atoms with Crippen molar-refractivity contribution in [1.29, 1.82) is 0 Å². The lowest BCUT2D eigenvalue weighted by Crippen LogP contribution is -2.35. The molecule has 1 amide bonds. The van der Waals surface area contributed by atoms with Crippen LogP contribution in [0.3, 0.4) is 0 Å². The van der Waals surface area contributed by atoms with Crippen LogP contribution in [0.5, 0.6) is 11.5 Å². The summed E-state index contributed by atoms with van der Waals surface area (Å²) in [5.41, 5.74) is 4.26. The molecule has 2 fully saturated rings. The molecule has 4 heterocycles. The monoisotopic (exact) mass is 604 g/mol. The van der Waals surface area contributed by atoms with Crippen molar-refractivity contribution in [2.24, 2.45) is 0 Å². The van der Waals surface area contributed by atoms with Gasteiger partial charge in [0.1, 0.15) is 18.2 Å². The average molecular weight is 605 g/mol. The molecule has 10 heteroatoms. The van der Waals surface area contributed by atoms with Gasteiger partial charge in [-0.3, -0.25) is 9.69 Å². The molecule has 1 N–H and O–H groups in total. The number of hydrogen-bond donors (Lipinski definition) is 1. The van der Waals surface area contributed by atoms with Crippen LogP contribution < -0.4 is 14.8 Å². The summed E-state index contributed by atoms with van der Waals surface area (Å²) in [7, 11) is 0. The van der Waals surface area contributed by atoms with E-state index in [0.717, 1.165) is 85.9 Å². The smallest absolute Gasteiger partial charge is 0.221 e. The molecule has 0 radical (unpaired) electrons. The van der Waals surface area contributed by atoms with Crippen LogP contribution in [0.15, 0.2) is 54.6 Å². The highest BCUT2D eigenvalue weighted by Gasteiger charge is 2.31. The third-order valence-corrected chi connectivity index (χ3v) is 8.92. The summed E-state index contributed by atoms with van der Waals surface area (Å²) >= 11 is 5.94. The summed E-state index contributed by atoms with van der Waals surface area (Å²) in [6.07, 6.45) is 2.69. The number of para-hydroxylation sites is 1. The lowest BCUT2D eigenvalue weighted by atomic mass is 9.88. The van der Waals surface area contributed by atoms with E-state index in [-0.39, 0.29) is 18.6 Å². The maximum Gasteiger partial charge on any atom is 0.221 e. The fraction of sp³-hybridized carbons (Fsp3) is 0.394. The topological polar surface area (TPSA) is 77.9 Å². The number of benzene rings is 3. The van der Waals surface area contributed by atoms with Gasteiger partial charge >= 0.3 is 0 Å². The van der Waals surface area contributed by atoms with Crippen molar-refractivity contribution in [3.63, 3.8) is 0 Å². The maximum absolute atomic E-state index is 14.6. The lowest BCUT2D eigenvalue weighted by Gasteiger charge is -2.35. The number of piperidine rings is 1. The summed E-state index contributed by atoms with van der Waals surface area (Å²) in [5.74, 6) is 2.27. The molecule has 0 aliphatic carbocycles. The number of carbonyl (C=O) groups excluding carboxylic acids is 1. The molecule has 3 aliphatic heterocycles. The number of hydrogen-bond acceptors (Lipinski definition) is 6. The van der Waals surface area contributed by atoms with Crippen molar-refractivity contribution in [2.45, 2.75) is 57.4 Å². The molecule has 1 aromatic heterocycles. The van der Waals surface area contributed by atoms with Crippen LogP contribution in [0.2, 0.25) is 5.02 Å². The number of likely N-dealkylation sites (tertiary alicyclic amines) is 1. The Morgan fingerprint density at radius 1 is 1.09 bits per heavy atom. The van der Waals surface area contributed by atoms with Crippen molar-refractivity contribution in [3.05, 3.63) is 82.4 Å². The second kappa shape index (κ2) is 11.8. The molecule has 0 saturated carbocycles. The Morgan fingerprint density at radius 2 is 1.93 bits per heavy atom. The number of ether oxygens (including phenoxy) is 3. The minimum absolute atomic E-state index is 0.100. The zero-order chi connectivity index (χ0) is 29.5. The Kier molecular flexibility index (Phi) is 7.71. The summed E-state index contributed by atoms with van der Waals surface area (Å²) in [4.78, 5) is 19.1. The van der Waals surface area contributed by atoms with Gasteiger partial charge in [0.25, 0.3) is 0 Å². The molecular weight excluding hydrogens is 571 g/mol.